The normalized spacial score (nSPS) is 25.1. The van der Waals surface area contributed by atoms with E-state index in [1.807, 2.05) is 0 Å². The molecule has 0 aromatic carbocycles. The third-order valence-electron chi connectivity index (χ3n) is 2.68. The Morgan fingerprint density at radius 1 is 1.38 bits per heavy atom. The first-order valence-corrected chi connectivity index (χ1v) is 4.98. The molecule has 6 heteroatoms. The molecular formula is C10H13FN2O3. The van der Waals surface area contributed by atoms with Gasteiger partial charge in [0.2, 0.25) is 0 Å². The fraction of sp³-hybridized carbons (Fsp3) is 0.500. The van der Waals surface area contributed by atoms with E-state index in [4.69, 9.17) is 5.11 Å². The number of hydrogen-bond acceptors (Lipinski definition) is 5. The third-order valence-corrected chi connectivity index (χ3v) is 2.68. The van der Waals surface area contributed by atoms with Crippen molar-refractivity contribution in [2.75, 3.05) is 18.0 Å². The van der Waals surface area contributed by atoms with E-state index in [-0.39, 0.29) is 24.5 Å². The minimum absolute atomic E-state index is 0.0575. The van der Waals surface area contributed by atoms with Crippen molar-refractivity contribution >= 4 is 5.82 Å². The topological polar surface area (TPSA) is 76.8 Å². The van der Waals surface area contributed by atoms with Crippen LogP contribution in [0.4, 0.5) is 10.2 Å². The number of anilines is 1. The SMILES string of the molecule is OCc1ccnc(N2CC(O)C(O)C2)c1F. The second kappa shape index (κ2) is 4.32. The van der Waals surface area contributed by atoms with Crippen LogP contribution in [-0.2, 0) is 6.61 Å². The van der Waals surface area contributed by atoms with E-state index >= 15 is 0 Å². The quantitative estimate of drug-likeness (QED) is 0.621. The fourth-order valence-corrected chi connectivity index (χ4v) is 1.76. The van der Waals surface area contributed by atoms with E-state index in [2.05, 4.69) is 4.98 Å². The summed E-state index contributed by atoms with van der Waals surface area (Å²) in [4.78, 5) is 5.32. The summed E-state index contributed by atoms with van der Waals surface area (Å²) < 4.78 is 13.8. The van der Waals surface area contributed by atoms with Crippen LogP contribution in [0.2, 0.25) is 0 Å². The monoisotopic (exact) mass is 228 g/mol. The molecule has 0 aliphatic carbocycles. The standard InChI is InChI=1S/C10H13FN2O3/c11-9-6(5-14)1-2-12-10(9)13-3-7(15)8(16)4-13/h1-2,7-8,14-16H,3-5H2. The lowest BCUT2D eigenvalue weighted by atomic mass is 10.2. The summed E-state index contributed by atoms with van der Waals surface area (Å²) in [5.74, 6) is -0.548. The molecular weight excluding hydrogens is 215 g/mol. The predicted molar refractivity (Wildman–Crippen MR) is 54.3 cm³/mol. The minimum atomic E-state index is -0.890. The summed E-state index contributed by atoms with van der Waals surface area (Å²) in [6.45, 7) is -0.125. The van der Waals surface area contributed by atoms with Gasteiger partial charge in [-0.15, -0.1) is 0 Å². The van der Waals surface area contributed by atoms with Crippen LogP contribution in [0.5, 0.6) is 0 Å². The van der Waals surface area contributed by atoms with Crippen LogP contribution in [0.1, 0.15) is 5.56 Å². The van der Waals surface area contributed by atoms with Crippen LogP contribution in [0, 0.1) is 5.82 Å². The van der Waals surface area contributed by atoms with Crippen molar-refractivity contribution in [2.45, 2.75) is 18.8 Å². The highest BCUT2D eigenvalue weighted by molar-refractivity contribution is 5.44. The molecule has 88 valence electrons. The van der Waals surface area contributed by atoms with E-state index in [1.165, 1.54) is 17.2 Å². The molecule has 0 amide bonds. The summed E-state index contributed by atoms with van der Waals surface area (Å²) in [6, 6.07) is 1.39. The van der Waals surface area contributed by atoms with Crippen molar-refractivity contribution in [3.8, 4) is 0 Å². The number of pyridine rings is 1. The molecule has 5 nitrogen and oxygen atoms in total. The number of halogens is 1. The van der Waals surface area contributed by atoms with Gasteiger partial charge in [0, 0.05) is 24.8 Å². The first kappa shape index (κ1) is 11.3. The van der Waals surface area contributed by atoms with Crippen molar-refractivity contribution < 1.29 is 19.7 Å². The highest BCUT2D eigenvalue weighted by Gasteiger charge is 2.32. The van der Waals surface area contributed by atoms with Crippen molar-refractivity contribution in [3.63, 3.8) is 0 Å². The molecule has 0 spiro atoms. The zero-order chi connectivity index (χ0) is 11.7. The van der Waals surface area contributed by atoms with Crippen molar-refractivity contribution in [1.82, 2.24) is 4.98 Å². The Morgan fingerprint density at radius 3 is 2.56 bits per heavy atom. The lowest BCUT2D eigenvalue weighted by Crippen LogP contribution is -2.23. The average Bonchev–Trinajstić information content (AvgIpc) is 2.59. The molecule has 1 fully saturated rings. The Labute approximate surface area is 91.8 Å². The van der Waals surface area contributed by atoms with Gasteiger partial charge in [0.1, 0.15) is 0 Å². The summed E-state index contributed by atoms with van der Waals surface area (Å²) >= 11 is 0. The highest BCUT2D eigenvalue weighted by Crippen LogP contribution is 2.23. The van der Waals surface area contributed by atoms with Gasteiger partial charge in [-0.25, -0.2) is 9.37 Å². The maximum atomic E-state index is 13.8. The molecule has 0 saturated carbocycles. The molecule has 0 radical (unpaired) electrons. The van der Waals surface area contributed by atoms with Crippen LogP contribution in [0.3, 0.4) is 0 Å². The number of nitrogens with zero attached hydrogens (tertiary/aromatic N) is 2. The first-order chi connectivity index (χ1) is 7.63. The lowest BCUT2D eigenvalue weighted by molar-refractivity contribution is 0.0572. The van der Waals surface area contributed by atoms with Gasteiger partial charge >= 0.3 is 0 Å². The molecule has 1 aliphatic rings. The average molecular weight is 228 g/mol. The van der Waals surface area contributed by atoms with Gasteiger partial charge in [0.25, 0.3) is 0 Å². The molecule has 1 saturated heterocycles. The first-order valence-electron chi connectivity index (χ1n) is 4.98. The Hall–Kier alpha value is -1.24. The Bertz CT molecular complexity index is 378. The van der Waals surface area contributed by atoms with Gasteiger partial charge in [0.15, 0.2) is 11.6 Å². The Kier molecular flexibility index (Phi) is 3.04. The summed E-state index contributed by atoms with van der Waals surface area (Å²) in [7, 11) is 0. The minimum Gasteiger partial charge on any atom is -0.392 e. The molecule has 2 heterocycles. The molecule has 1 aromatic rings. The van der Waals surface area contributed by atoms with Gasteiger partial charge < -0.3 is 20.2 Å². The van der Waals surface area contributed by atoms with Gasteiger partial charge in [-0.05, 0) is 6.07 Å². The summed E-state index contributed by atoms with van der Waals surface area (Å²) in [5, 5.41) is 27.6. The maximum Gasteiger partial charge on any atom is 0.171 e. The second-order valence-electron chi connectivity index (χ2n) is 3.81. The van der Waals surface area contributed by atoms with Crippen LogP contribution < -0.4 is 4.90 Å². The van der Waals surface area contributed by atoms with E-state index in [1.54, 1.807) is 0 Å². The van der Waals surface area contributed by atoms with E-state index in [0.717, 1.165) is 0 Å². The van der Waals surface area contributed by atoms with Crippen LogP contribution in [0.15, 0.2) is 12.3 Å². The van der Waals surface area contributed by atoms with Crippen LogP contribution in [0.25, 0.3) is 0 Å². The van der Waals surface area contributed by atoms with Crippen LogP contribution in [-0.4, -0.2) is 45.6 Å². The molecule has 2 rings (SSSR count). The third kappa shape index (κ3) is 1.87. The molecule has 16 heavy (non-hydrogen) atoms. The predicted octanol–water partition coefficient (Wildman–Crippen LogP) is -0.745. The maximum absolute atomic E-state index is 13.8. The van der Waals surface area contributed by atoms with Crippen LogP contribution >= 0.6 is 0 Å². The van der Waals surface area contributed by atoms with E-state index < -0.39 is 24.6 Å². The molecule has 0 bridgehead atoms. The van der Waals surface area contributed by atoms with E-state index in [9.17, 15) is 14.6 Å². The Balaban J connectivity index is 2.28. The molecule has 1 aliphatic heterocycles. The van der Waals surface area contributed by atoms with Gasteiger partial charge in [-0.1, -0.05) is 0 Å². The zero-order valence-corrected chi connectivity index (χ0v) is 8.54. The van der Waals surface area contributed by atoms with Crippen molar-refractivity contribution in [1.29, 1.82) is 0 Å². The highest BCUT2D eigenvalue weighted by atomic mass is 19.1. The van der Waals surface area contributed by atoms with Crippen molar-refractivity contribution in [3.05, 3.63) is 23.6 Å². The molecule has 2 atom stereocenters. The van der Waals surface area contributed by atoms with Gasteiger partial charge in [-0.3, -0.25) is 0 Å². The number of aliphatic hydroxyl groups is 3. The number of aromatic nitrogens is 1. The summed E-state index contributed by atoms with van der Waals surface area (Å²) in [6.07, 6.45) is -0.390. The molecule has 1 aromatic heterocycles. The van der Waals surface area contributed by atoms with Gasteiger partial charge in [0.05, 0.1) is 18.8 Å². The number of β-amino-alcohol motifs (C(OH)–C–C–N with tert-alkyl or cyclic N) is 2. The number of hydrogen-bond donors (Lipinski definition) is 3. The van der Waals surface area contributed by atoms with Crippen molar-refractivity contribution in [2.24, 2.45) is 0 Å². The molecule has 3 N–H and O–H groups in total. The van der Waals surface area contributed by atoms with Gasteiger partial charge in [-0.2, -0.15) is 0 Å². The lowest BCUT2D eigenvalue weighted by Gasteiger charge is -2.17. The molecule has 2 unspecified atom stereocenters. The number of aliphatic hydroxyl groups excluding tert-OH is 3. The fourth-order valence-electron chi connectivity index (χ4n) is 1.76. The Morgan fingerprint density at radius 2 is 2.00 bits per heavy atom. The smallest absolute Gasteiger partial charge is 0.171 e. The largest absolute Gasteiger partial charge is 0.392 e. The second-order valence-corrected chi connectivity index (χ2v) is 3.81. The van der Waals surface area contributed by atoms with E-state index in [0.29, 0.717) is 0 Å². The summed E-state index contributed by atoms with van der Waals surface area (Å²) in [5.41, 5.74) is 0.154. The zero-order valence-electron chi connectivity index (χ0n) is 8.54. The number of rotatable bonds is 2.